The third kappa shape index (κ3) is 2.61. The van der Waals surface area contributed by atoms with Gasteiger partial charge >= 0.3 is 0 Å². The lowest BCUT2D eigenvalue weighted by molar-refractivity contribution is 0.161. The van der Waals surface area contributed by atoms with Crippen molar-refractivity contribution < 1.29 is 13.9 Å². The Balaban J connectivity index is 2.49. The fourth-order valence-electron chi connectivity index (χ4n) is 1.69. The van der Waals surface area contributed by atoms with Gasteiger partial charge in [0.05, 0.1) is 18.2 Å². The van der Waals surface area contributed by atoms with E-state index in [1.165, 1.54) is 12.1 Å². The number of ether oxygens (including phenoxy) is 1. The molecule has 1 aliphatic heterocycles. The highest BCUT2D eigenvalue weighted by molar-refractivity contribution is 6.32. The maximum absolute atomic E-state index is 13.4. The molecule has 0 saturated carbocycles. The standard InChI is InChI=1S/C12H9ClFNO2/c13-10-6-11(14)12(15-7-16)5-9(10)8-1-3-17-4-2-8/h1,5-6H,2-4H2. The van der Waals surface area contributed by atoms with Crippen LogP contribution in [0.25, 0.3) is 5.57 Å². The van der Waals surface area contributed by atoms with Crippen molar-refractivity contribution in [2.45, 2.75) is 6.42 Å². The highest BCUT2D eigenvalue weighted by Gasteiger charge is 2.13. The van der Waals surface area contributed by atoms with E-state index in [4.69, 9.17) is 16.3 Å². The van der Waals surface area contributed by atoms with Crippen LogP contribution in [0.1, 0.15) is 12.0 Å². The number of benzene rings is 1. The van der Waals surface area contributed by atoms with Crippen LogP contribution in [0, 0.1) is 5.82 Å². The fraction of sp³-hybridized carbons (Fsp3) is 0.250. The minimum absolute atomic E-state index is 0.0493. The van der Waals surface area contributed by atoms with Gasteiger partial charge in [-0.25, -0.2) is 9.18 Å². The lowest BCUT2D eigenvalue weighted by Crippen LogP contribution is -2.04. The molecule has 0 aromatic heterocycles. The van der Waals surface area contributed by atoms with Crippen molar-refractivity contribution in [1.29, 1.82) is 0 Å². The Morgan fingerprint density at radius 3 is 2.94 bits per heavy atom. The SMILES string of the molecule is O=C=Nc1cc(C2=CCOCC2)c(Cl)cc1F. The first-order valence-corrected chi connectivity index (χ1v) is 5.44. The van der Waals surface area contributed by atoms with Gasteiger partial charge in [-0.05, 0) is 29.7 Å². The number of hydrogen-bond donors (Lipinski definition) is 0. The number of hydrogen-bond acceptors (Lipinski definition) is 3. The predicted molar refractivity (Wildman–Crippen MR) is 62.6 cm³/mol. The molecule has 1 aromatic carbocycles. The molecule has 0 atom stereocenters. The number of rotatable bonds is 2. The second kappa shape index (κ2) is 5.23. The molecular weight excluding hydrogens is 245 g/mol. The lowest BCUT2D eigenvalue weighted by Gasteiger charge is -2.15. The van der Waals surface area contributed by atoms with Crippen LogP contribution in [-0.2, 0) is 9.53 Å². The average Bonchev–Trinajstić information content (AvgIpc) is 2.34. The van der Waals surface area contributed by atoms with E-state index in [-0.39, 0.29) is 5.69 Å². The van der Waals surface area contributed by atoms with Crippen molar-refractivity contribution in [3.05, 3.63) is 34.6 Å². The Bertz CT molecular complexity index is 521. The third-order valence-corrected chi connectivity index (χ3v) is 2.82. The predicted octanol–water partition coefficient (Wildman–Crippen LogP) is 3.25. The Hall–Kier alpha value is -1.48. The van der Waals surface area contributed by atoms with Gasteiger partial charge in [-0.15, -0.1) is 0 Å². The molecule has 3 nitrogen and oxygen atoms in total. The van der Waals surface area contributed by atoms with Crippen LogP contribution >= 0.6 is 11.6 Å². The normalized spacial score (nSPS) is 15.1. The minimum atomic E-state index is -0.630. The van der Waals surface area contributed by atoms with E-state index < -0.39 is 5.82 Å². The summed E-state index contributed by atoms with van der Waals surface area (Å²) >= 11 is 5.97. The van der Waals surface area contributed by atoms with Crippen LogP contribution in [0.15, 0.2) is 23.2 Å². The molecule has 1 aliphatic rings. The summed E-state index contributed by atoms with van der Waals surface area (Å²) in [4.78, 5) is 13.5. The third-order valence-electron chi connectivity index (χ3n) is 2.51. The first kappa shape index (κ1) is 12.0. The van der Waals surface area contributed by atoms with Gasteiger partial charge in [0, 0.05) is 0 Å². The van der Waals surface area contributed by atoms with Crippen molar-refractivity contribution in [2.24, 2.45) is 4.99 Å². The Labute approximate surface area is 103 Å². The topological polar surface area (TPSA) is 38.7 Å². The van der Waals surface area contributed by atoms with E-state index >= 15 is 0 Å². The summed E-state index contributed by atoms with van der Waals surface area (Å²) in [5, 5.41) is 0.306. The lowest BCUT2D eigenvalue weighted by atomic mass is 10.0. The molecule has 5 heteroatoms. The van der Waals surface area contributed by atoms with E-state index in [0.29, 0.717) is 30.2 Å². The Morgan fingerprint density at radius 1 is 1.47 bits per heavy atom. The molecule has 2 rings (SSSR count). The molecule has 0 unspecified atom stereocenters. The van der Waals surface area contributed by atoms with E-state index in [9.17, 15) is 9.18 Å². The van der Waals surface area contributed by atoms with E-state index in [0.717, 1.165) is 11.6 Å². The van der Waals surface area contributed by atoms with Crippen molar-refractivity contribution >= 4 is 28.9 Å². The van der Waals surface area contributed by atoms with Gasteiger partial charge in [0.2, 0.25) is 6.08 Å². The van der Waals surface area contributed by atoms with Gasteiger partial charge in [-0.2, -0.15) is 4.99 Å². The molecule has 88 valence electrons. The first-order valence-electron chi connectivity index (χ1n) is 5.06. The highest BCUT2D eigenvalue weighted by atomic mass is 35.5. The minimum Gasteiger partial charge on any atom is -0.377 e. The summed E-state index contributed by atoms with van der Waals surface area (Å²) < 4.78 is 18.6. The van der Waals surface area contributed by atoms with E-state index in [1.54, 1.807) is 0 Å². The van der Waals surface area contributed by atoms with Gasteiger partial charge in [0.1, 0.15) is 5.69 Å². The molecule has 1 aromatic rings. The molecule has 0 N–H and O–H groups in total. The van der Waals surface area contributed by atoms with Crippen LogP contribution in [-0.4, -0.2) is 19.3 Å². The molecule has 0 radical (unpaired) electrons. The molecule has 0 spiro atoms. The summed E-state index contributed by atoms with van der Waals surface area (Å²) in [5.41, 5.74) is 1.61. The van der Waals surface area contributed by atoms with Crippen LogP contribution in [0.4, 0.5) is 10.1 Å². The second-order valence-corrected chi connectivity index (χ2v) is 3.95. The quantitative estimate of drug-likeness (QED) is 0.599. The molecular formula is C12H9ClFNO2. The first-order chi connectivity index (χ1) is 8.22. The van der Waals surface area contributed by atoms with Crippen molar-refractivity contribution in [3.8, 4) is 0 Å². The maximum atomic E-state index is 13.4. The zero-order valence-electron chi connectivity index (χ0n) is 8.87. The molecule has 1 heterocycles. The molecule has 0 aliphatic carbocycles. The summed E-state index contributed by atoms with van der Waals surface area (Å²) in [6.45, 7) is 1.11. The van der Waals surface area contributed by atoms with E-state index in [2.05, 4.69) is 4.99 Å². The summed E-state index contributed by atoms with van der Waals surface area (Å²) in [5.74, 6) is -0.630. The molecule has 0 bridgehead atoms. The fourth-order valence-corrected chi connectivity index (χ4v) is 1.96. The zero-order chi connectivity index (χ0) is 12.3. The van der Waals surface area contributed by atoms with Crippen molar-refractivity contribution in [3.63, 3.8) is 0 Å². The molecule has 0 saturated heterocycles. The Morgan fingerprint density at radius 2 is 2.29 bits per heavy atom. The van der Waals surface area contributed by atoms with Crippen LogP contribution in [0.5, 0.6) is 0 Å². The maximum Gasteiger partial charge on any atom is 0.240 e. The highest BCUT2D eigenvalue weighted by Crippen LogP contribution is 2.33. The number of carbonyl (C=O) groups excluding carboxylic acids is 1. The van der Waals surface area contributed by atoms with Crippen LogP contribution in [0.2, 0.25) is 5.02 Å². The average molecular weight is 254 g/mol. The van der Waals surface area contributed by atoms with Crippen molar-refractivity contribution in [1.82, 2.24) is 0 Å². The summed E-state index contributed by atoms with van der Waals surface area (Å²) in [6, 6.07) is 2.61. The van der Waals surface area contributed by atoms with Crippen LogP contribution < -0.4 is 0 Å². The molecule has 0 fully saturated rings. The Kier molecular flexibility index (Phi) is 3.69. The zero-order valence-corrected chi connectivity index (χ0v) is 9.63. The van der Waals surface area contributed by atoms with Gasteiger partial charge in [-0.1, -0.05) is 17.7 Å². The summed E-state index contributed by atoms with van der Waals surface area (Å²) in [6.07, 6.45) is 3.91. The van der Waals surface area contributed by atoms with Crippen molar-refractivity contribution in [2.75, 3.05) is 13.2 Å². The number of halogens is 2. The van der Waals surface area contributed by atoms with Gasteiger partial charge in [0.15, 0.2) is 5.82 Å². The van der Waals surface area contributed by atoms with E-state index in [1.807, 2.05) is 6.08 Å². The van der Waals surface area contributed by atoms with Gasteiger partial charge in [-0.3, -0.25) is 0 Å². The number of isocyanates is 1. The largest absolute Gasteiger partial charge is 0.377 e. The summed E-state index contributed by atoms with van der Waals surface area (Å²) in [7, 11) is 0. The van der Waals surface area contributed by atoms with Gasteiger partial charge in [0.25, 0.3) is 0 Å². The van der Waals surface area contributed by atoms with Crippen LogP contribution in [0.3, 0.4) is 0 Å². The molecule has 17 heavy (non-hydrogen) atoms. The van der Waals surface area contributed by atoms with Gasteiger partial charge < -0.3 is 4.74 Å². The monoisotopic (exact) mass is 253 g/mol. The second-order valence-electron chi connectivity index (χ2n) is 3.54. The number of nitrogens with zero attached hydrogens (tertiary/aromatic N) is 1. The molecule has 0 amide bonds. The smallest absolute Gasteiger partial charge is 0.240 e. The number of aliphatic imine (C=N–C) groups is 1.